The van der Waals surface area contributed by atoms with Crippen LogP contribution in [-0.4, -0.2) is 17.3 Å². The summed E-state index contributed by atoms with van der Waals surface area (Å²) >= 11 is 0. The van der Waals surface area contributed by atoms with E-state index in [4.69, 9.17) is 5.73 Å². The quantitative estimate of drug-likeness (QED) is 0.393. The van der Waals surface area contributed by atoms with Crippen molar-refractivity contribution in [3.63, 3.8) is 0 Å². The molecule has 0 atom stereocenters. The number of phenols is 1. The zero-order valence-electron chi connectivity index (χ0n) is 12.1. The van der Waals surface area contributed by atoms with E-state index in [1.165, 1.54) is 0 Å². The molecule has 23 heavy (non-hydrogen) atoms. The van der Waals surface area contributed by atoms with Gasteiger partial charge < -0.3 is 16.2 Å². The summed E-state index contributed by atoms with van der Waals surface area (Å²) in [5.74, 6) is -0.718. The number of anilines is 2. The van der Waals surface area contributed by atoms with Crippen molar-refractivity contribution in [1.82, 2.24) is 0 Å². The molecule has 1 amide bonds. The third-order valence-electron chi connectivity index (χ3n) is 3.61. The van der Waals surface area contributed by atoms with Gasteiger partial charge in [0.2, 0.25) is 0 Å². The molecular weight excluding hydrogens is 292 g/mol. The number of aldehydes is 1. The molecule has 0 heterocycles. The summed E-state index contributed by atoms with van der Waals surface area (Å²) in [6, 6.07) is 15.3. The van der Waals surface area contributed by atoms with E-state index in [0.29, 0.717) is 16.6 Å². The number of aromatic hydroxyl groups is 1. The Hall–Kier alpha value is -3.34. The molecule has 3 aromatic carbocycles. The molecule has 0 bridgehead atoms. The van der Waals surface area contributed by atoms with Crippen LogP contribution in [0.15, 0.2) is 54.6 Å². The Balaban J connectivity index is 1.96. The standard InChI is InChI=1S/C18H14N2O3/c19-16-14-4-2-1-3-12(14)9-15(17(16)22)18(23)20-13-7-5-11(10-21)6-8-13/h1-10,22H,19H2,(H,20,23). The van der Waals surface area contributed by atoms with Gasteiger partial charge in [0.1, 0.15) is 6.29 Å². The zero-order chi connectivity index (χ0) is 16.4. The maximum absolute atomic E-state index is 12.4. The summed E-state index contributed by atoms with van der Waals surface area (Å²) < 4.78 is 0. The van der Waals surface area contributed by atoms with E-state index >= 15 is 0 Å². The lowest BCUT2D eigenvalue weighted by molar-refractivity contribution is 0.102. The van der Waals surface area contributed by atoms with Crippen LogP contribution in [0.1, 0.15) is 20.7 Å². The fourth-order valence-corrected chi connectivity index (χ4v) is 2.38. The first-order chi connectivity index (χ1) is 11.1. The molecule has 0 unspecified atom stereocenters. The summed E-state index contributed by atoms with van der Waals surface area (Å²) in [4.78, 5) is 23.0. The van der Waals surface area contributed by atoms with E-state index < -0.39 is 5.91 Å². The molecule has 4 N–H and O–H groups in total. The maximum atomic E-state index is 12.4. The highest BCUT2D eigenvalue weighted by atomic mass is 16.3. The van der Waals surface area contributed by atoms with Gasteiger partial charge >= 0.3 is 0 Å². The van der Waals surface area contributed by atoms with Gasteiger partial charge in [-0.2, -0.15) is 0 Å². The number of amides is 1. The monoisotopic (exact) mass is 306 g/mol. The molecule has 0 aliphatic carbocycles. The van der Waals surface area contributed by atoms with Crippen LogP contribution >= 0.6 is 0 Å². The number of rotatable bonds is 3. The average Bonchev–Trinajstić information content (AvgIpc) is 2.58. The first kappa shape index (κ1) is 14.6. The number of carbonyl (C=O) groups excluding carboxylic acids is 2. The summed E-state index contributed by atoms with van der Waals surface area (Å²) in [6.07, 6.45) is 0.724. The van der Waals surface area contributed by atoms with Crippen LogP contribution in [0.2, 0.25) is 0 Å². The van der Waals surface area contributed by atoms with Crippen LogP contribution in [0.25, 0.3) is 10.8 Å². The smallest absolute Gasteiger partial charge is 0.259 e. The summed E-state index contributed by atoms with van der Waals surface area (Å²) in [5.41, 5.74) is 7.22. The molecule has 0 fully saturated rings. The largest absolute Gasteiger partial charge is 0.505 e. The normalized spacial score (nSPS) is 10.4. The van der Waals surface area contributed by atoms with Crippen LogP contribution in [0.4, 0.5) is 11.4 Å². The molecule has 0 saturated carbocycles. The van der Waals surface area contributed by atoms with Gasteiger partial charge in [-0.05, 0) is 35.7 Å². The predicted octanol–water partition coefficient (Wildman–Crippen LogP) is 3.19. The van der Waals surface area contributed by atoms with E-state index in [1.807, 2.05) is 18.2 Å². The van der Waals surface area contributed by atoms with Gasteiger partial charge in [-0.25, -0.2) is 0 Å². The SMILES string of the molecule is Nc1c(O)c(C(=O)Nc2ccc(C=O)cc2)cc2ccccc12. The minimum absolute atomic E-state index is 0.0978. The van der Waals surface area contributed by atoms with E-state index in [9.17, 15) is 14.7 Å². The van der Waals surface area contributed by atoms with Crippen LogP contribution in [0.5, 0.6) is 5.75 Å². The highest BCUT2D eigenvalue weighted by Gasteiger charge is 2.16. The number of hydrogen-bond donors (Lipinski definition) is 3. The van der Waals surface area contributed by atoms with E-state index in [-0.39, 0.29) is 17.0 Å². The minimum atomic E-state index is -0.473. The van der Waals surface area contributed by atoms with Gasteiger partial charge in [0.05, 0.1) is 11.3 Å². The number of phenolic OH excluding ortho intramolecular Hbond substituents is 1. The molecule has 0 aliphatic rings. The Morgan fingerprint density at radius 3 is 2.48 bits per heavy atom. The van der Waals surface area contributed by atoms with Crippen molar-refractivity contribution in [1.29, 1.82) is 0 Å². The number of benzene rings is 3. The molecule has 0 aliphatic heterocycles. The van der Waals surface area contributed by atoms with Crippen molar-refractivity contribution in [2.45, 2.75) is 0 Å². The predicted molar refractivity (Wildman–Crippen MR) is 89.8 cm³/mol. The van der Waals surface area contributed by atoms with Crippen LogP contribution in [-0.2, 0) is 0 Å². The Morgan fingerprint density at radius 2 is 1.78 bits per heavy atom. The summed E-state index contributed by atoms with van der Waals surface area (Å²) in [6.45, 7) is 0. The van der Waals surface area contributed by atoms with E-state index in [1.54, 1.807) is 36.4 Å². The van der Waals surface area contributed by atoms with Crippen LogP contribution in [0, 0.1) is 0 Å². The Kier molecular flexibility index (Phi) is 3.68. The van der Waals surface area contributed by atoms with Crippen molar-refractivity contribution < 1.29 is 14.7 Å². The van der Waals surface area contributed by atoms with Crippen molar-refractivity contribution in [2.75, 3.05) is 11.1 Å². The first-order valence-corrected chi connectivity index (χ1v) is 6.97. The molecule has 3 aromatic rings. The molecule has 0 radical (unpaired) electrons. The second-order valence-electron chi connectivity index (χ2n) is 5.10. The maximum Gasteiger partial charge on any atom is 0.259 e. The lowest BCUT2D eigenvalue weighted by Crippen LogP contribution is -2.13. The van der Waals surface area contributed by atoms with Gasteiger partial charge in [-0.15, -0.1) is 0 Å². The fourth-order valence-electron chi connectivity index (χ4n) is 2.38. The number of nitrogens with two attached hydrogens (primary N) is 1. The highest BCUT2D eigenvalue weighted by Crippen LogP contribution is 2.33. The van der Waals surface area contributed by atoms with Gasteiger partial charge in [-0.1, -0.05) is 24.3 Å². The van der Waals surface area contributed by atoms with Gasteiger partial charge in [0, 0.05) is 16.6 Å². The van der Waals surface area contributed by atoms with Gasteiger partial charge in [0.15, 0.2) is 5.75 Å². The van der Waals surface area contributed by atoms with Crippen molar-refractivity contribution in [3.05, 3.63) is 65.7 Å². The van der Waals surface area contributed by atoms with Gasteiger partial charge in [-0.3, -0.25) is 9.59 Å². The summed E-state index contributed by atoms with van der Waals surface area (Å²) in [5, 5.41) is 14.3. The summed E-state index contributed by atoms with van der Waals surface area (Å²) in [7, 11) is 0. The molecule has 0 spiro atoms. The average molecular weight is 306 g/mol. The minimum Gasteiger partial charge on any atom is -0.505 e. The molecular formula is C18H14N2O3. The Bertz CT molecular complexity index is 902. The van der Waals surface area contributed by atoms with Crippen LogP contribution < -0.4 is 11.1 Å². The highest BCUT2D eigenvalue weighted by molar-refractivity contribution is 6.11. The number of carbonyl (C=O) groups is 2. The number of nitrogen functional groups attached to an aromatic ring is 1. The molecule has 0 aromatic heterocycles. The first-order valence-electron chi connectivity index (χ1n) is 6.97. The fraction of sp³-hybridized carbons (Fsp3) is 0. The molecule has 114 valence electrons. The lowest BCUT2D eigenvalue weighted by atomic mass is 10.0. The van der Waals surface area contributed by atoms with Crippen molar-refractivity contribution >= 4 is 34.3 Å². The Labute approximate surface area is 132 Å². The zero-order valence-corrected chi connectivity index (χ0v) is 12.1. The molecule has 0 saturated heterocycles. The second kappa shape index (κ2) is 5.81. The Morgan fingerprint density at radius 1 is 1.09 bits per heavy atom. The van der Waals surface area contributed by atoms with E-state index in [0.717, 1.165) is 11.7 Å². The topological polar surface area (TPSA) is 92.4 Å². The lowest BCUT2D eigenvalue weighted by Gasteiger charge is -2.11. The number of nitrogens with one attached hydrogen (secondary N) is 1. The molecule has 3 rings (SSSR count). The second-order valence-corrected chi connectivity index (χ2v) is 5.10. The number of fused-ring (bicyclic) bond motifs is 1. The van der Waals surface area contributed by atoms with Gasteiger partial charge in [0.25, 0.3) is 5.91 Å². The van der Waals surface area contributed by atoms with Crippen molar-refractivity contribution in [2.24, 2.45) is 0 Å². The number of hydrogen-bond acceptors (Lipinski definition) is 4. The molecule has 5 nitrogen and oxygen atoms in total. The van der Waals surface area contributed by atoms with Crippen LogP contribution in [0.3, 0.4) is 0 Å². The van der Waals surface area contributed by atoms with E-state index in [2.05, 4.69) is 5.32 Å². The third-order valence-corrected chi connectivity index (χ3v) is 3.61. The van der Waals surface area contributed by atoms with Crippen molar-refractivity contribution in [3.8, 4) is 5.75 Å². The molecule has 5 heteroatoms. The third kappa shape index (κ3) is 2.72.